The van der Waals surface area contributed by atoms with Crippen molar-refractivity contribution in [2.45, 2.75) is 0 Å². The van der Waals surface area contributed by atoms with E-state index in [1.54, 1.807) is 24.3 Å². The topological polar surface area (TPSA) is 68.0 Å². The minimum Gasteiger partial charge on any atom is -0.320 e. The highest BCUT2D eigenvalue weighted by atomic mass is 35.5. The lowest BCUT2D eigenvalue weighted by molar-refractivity contribution is 0.103. The molecule has 3 N–H and O–H groups in total. The van der Waals surface area contributed by atoms with E-state index in [0.29, 0.717) is 22.3 Å². The molecular weight excluding hydrogens is 282 g/mol. The first-order valence-corrected chi connectivity index (χ1v) is 6.60. The third-order valence-corrected chi connectivity index (χ3v) is 3.34. The zero-order valence-electron chi connectivity index (χ0n) is 9.81. The number of hydrogen-bond acceptors (Lipinski definition) is 4. The quantitative estimate of drug-likeness (QED) is 0.835. The highest BCUT2D eigenvalue weighted by molar-refractivity contribution is 7.14. The zero-order valence-corrected chi connectivity index (χ0v) is 11.4. The predicted molar refractivity (Wildman–Crippen MR) is 77.5 cm³/mol. The molecule has 0 atom stereocenters. The Balaban J connectivity index is 2.07. The second-order valence-corrected chi connectivity index (χ2v) is 5.01. The van der Waals surface area contributed by atoms with Crippen molar-refractivity contribution < 1.29 is 4.79 Å². The summed E-state index contributed by atoms with van der Waals surface area (Å²) in [6, 6.07) is 6.81. The summed E-state index contributed by atoms with van der Waals surface area (Å²) in [7, 11) is 0. The van der Waals surface area contributed by atoms with Crippen LogP contribution in [0, 0.1) is 11.8 Å². The second kappa shape index (κ2) is 6.34. The van der Waals surface area contributed by atoms with Gasteiger partial charge in [0.1, 0.15) is 5.82 Å². The van der Waals surface area contributed by atoms with E-state index in [-0.39, 0.29) is 5.91 Å². The standard InChI is InChI=1S/C13H10ClN3OS/c14-9-3-6-12(16-8-9)17-13(18)11-5-4-10(19-11)2-1-7-15/h3-6,8H,7,15H2,(H,16,17,18). The Labute approximate surface area is 119 Å². The number of carbonyl (C=O) groups is 1. The van der Waals surface area contributed by atoms with Crippen molar-refractivity contribution in [1.29, 1.82) is 0 Å². The highest BCUT2D eigenvalue weighted by Crippen LogP contribution is 2.17. The Bertz CT molecular complexity index is 640. The average Bonchev–Trinajstić information content (AvgIpc) is 2.88. The molecule has 0 aliphatic carbocycles. The predicted octanol–water partition coefficient (Wildman–Crippen LogP) is 2.36. The van der Waals surface area contributed by atoms with Gasteiger partial charge in [-0.2, -0.15) is 0 Å². The first kappa shape index (κ1) is 13.6. The highest BCUT2D eigenvalue weighted by Gasteiger charge is 2.09. The molecule has 0 spiro atoms. The van der Waals surface area contributed by atoms with E-state index in [0.717, 1.165) is 4.88 Å². The minimum absolute atomic E-state index is 0.222. The van der Waals surface area contributed by atoms with Gasteiger partial charge in [-0.05, 0) is 24.3 Å². The molecular formula is C13H10ClN3OS. The molecule has 6 heteroatoms. The number of aromatic nitrogens is 1. The van der Waals surface area contributed by atoms with Crippen LogP contribution in [-0.4, -0.2) is 17.4 Å². The van der Waals surface area contributed by atoms with Gasteiger partial charge in [0.2, 0.25) is 0 Å². The number of amides is 1. The molecule has 0 radical (unpaired) electrons. The van der Waals surface area contributed by atoms with Crippen LogP contribution < -0.4 is 11.1 Å². The van der Waals surface area contributed by atoms with Crippen LogP contribution in [-0.2, 0) is 0 Å². The van der Waals surface area contributed by atoms with Gasteiger partial charge in [0.25, 0.3) is 5.91 Å². The molecule has 0 bridgehead atoms. The van der Waals surface area contributed by atoms with E-state index < -0.39 is 0 Å². The Kier molecular flexibility index (Phi) is 4.53. The number of carbonyl (C=O) groups excluding carboxylic acids is 1. The zero-order chi connectivity index (χ0) is 13.7. The van der Waals surface area contributed by atoms with Gasteiger partial charge in [-0.15, -0.1) is 11.3 Å². The fourth-order valence-corrected chi connectivity index (χ4v) is 2.18. The van der Waals surface area contributed by atoms with Crippen LogP contribution in [0.1, 0.15) is 14.5 Å². The van der Waals surface area contributed by atoms with Crippen molar-refractivity contribution in [3.8, 4) is 11.8 Å². The van der Waals surface area contributed by atoms with E-state index in [4.69, 9.17) is 17.3 Å². The largest absolute Gasteiger partial charge is 0.320 e. The van der Waals surface area contributed by atoms with E-state index in [2.05, 4.69) is 22.1 Å². The number of thiophene rings is 1. The lowest BCUT2D eigenvalue weighted by atomic mass is 10.4. The molecule has 0 aromatic carbocycles. The fraction of sp³-hybridized carbons (Fsp3) is 0.0769. The summed E-state index contributed by atoms with van der Waals surface area (Å²) in [5, 5.41) is 3.21. The van der Waals surface area contributed by atoms with Crippen LogP contribution in [0.3, 0.4) is 0 Å². The van der Waals surface area contributed by atoms with Gasteiger partial charge >= 0.3 is 0 Å². The summed E-state index contributed by atoms with van der Waals surface area (Å²) in [5.74, 6) is 5.86. The number of rotatable bonds is 2. The van der Waals surface area contributed by atoms with Gasteiger partial charge in [0.05, 0.1) is 21.3 Å². The maximum absolute atomic E-state index is 11.9. The third-order valence-electron chi connectivity index (χ3n) is 2.11. The number of nitrogens with one attached hydrogen (secondary N) is 1. The lowest BCUT2D eigenvalue weighted by Crippen LogP contribution is -2.10. The molecule has 0 aliphatic rings. The molecule has 19 heavy (non-hydrogen) atoms. The molecule has 0 unspecified atom stereocenters. The Morgan fingerprint density at radius 2 is 2.26 bits per heavy atom. The first-order chi connectivity index (χ1) is 9.19. The van der Waals surface area contributed by atoms with Crippen molar-refractivity contribution in [2.75, 3.05) is 11.9 Å². The molecule has 2 aromatic heterocycles. The third kappa shape index (κ3) is 3.80. The van der Waals surface area contributed by atoms with E-state index in [1.807, 2.05) is 0 Å². The van der Waals surface area contributed by atoms with Crippen molar-refractivity contribution in [2.24, 2.45) is 5.73 Å². The van der Waals surface area contributed by atoms with Crippen LogP contribution in [0.5, 0.6) is 0 Å². The van der Waals surface area contributed by atoms with Crippen LogP contribution in [0.25, 0.3) is 0 Å². The van der Waals surface area contributed by atoms with Crippen molar-refractivity contribution in [3.05, 3.63) is 45.2 Å². The monoisotopic (exact) mass is 291 g/mol. The second-order valence-electron chi connectivity index (χ2n) is 3.49. The van der Waals surface area contributed by atoms with Gasteiger partial charge in [0, 0.05) is 6.20 Å². The van der Waals surface area contributed by atoms with E-state index in [1.165, 1.54) is 17.5 Å². The smallest absolute Gasteiger partial charge is 0.266 e. The van der Waals surface area contributed by atoms with Crippen LogP contribution in [0.15, 0.2) is 30.5 Å². The maximum atomic E-state index is 11.9. The number of pyridine rings is 1. The molecule has 0 aliphatic heterocycles. The molecule has 2 aromatic rings. The molecule has 0 fully saturated rings. The first-order valence-electron chi connectivity index (χ1n) is 5.41. The minimum atomic E-state index is -0.222. The molecule has 0 saturated heterocycles. The van der Waals surface area contributed by atoms with Gasteiger partial charge in [0.15, 0.2) is 0 Å². The summed E-state index contributed by atoms with van der Waals surface area (Å²) in [6.45, 7) is 0.300. The fourth-order valence-electron chi connectivity index (χ4n) is 1.29. The van der Waals surface area contributed by atoms with Crippen molar-refractivity contribution in [3.63, 3.8) is 0 Å². The van der Waals surface area contributed by atoms with E-state index in [9.17, 15) is 4.79 Å². The van der Waals surface area contributed by atoms with E-state index >= 15 is 0 Å². The summed E-state index contributed by atoms with van der Waals surface area (Å²) in [4.78, 5) is 17.3. The molecule has 2 rings (SSSR count). The molecule has 0 saturated carbocycles. The average molecular weight is 292 g/mol. The lowest BCUT2D eigenvalue weighted by Gasteiger charge is -2.01. The maximum Gasteiger partial charge on any atom is 0.266 e. The summed E-state index contributed by atoms with van der Waals surface area (Å²) in [5.41, 5.74) is 5.29. The van der Waals surface area contributed by atoms with Gasteiger partial charge in [-0.3, -0.25) is 4.79 Å². The molecule has 1 amide bonds. The SMILES string of the molecule is NCC#Cc1ccc(C(=O)Nc2ccc(Cl)cn2)s1. The number of nitrogens with zero attached hydrogens (tertiary/aromatic N) is 1. The summed E-state index contributed by atoms with van der Waals surface area (Å²) < 4.78 is 0. The van der Waals surface area contributed by atoms with Crippen molar-refractivity contribution in [1.82, 2.24) is 4.98 Å². The van der Waals surface area contributed by atoms with Crippen LogP contribution in [0.2, 0.25) is 5.02 Å². The number of hydrogen-bond donors (Lipinski definition) is 2. The summed E-state index contributed by atoms with van der Waals surface area (Å²) >= 11 is 7.03. The Morgan fingerprint density at radius 1 is 1.42 bits per heavy atom. The van der Waals surface area contributed by atoms with Crippen LogP contribution >= 0.6 is 22.9 Å². The number of anilines is 1. The Morgan fingerprint density at radius 3 is 2.95 bits per heavy atom. The van der Waals surface area contributed by atoms with Crippen molar-refractivity contribution >= 4 is 34.7 Å². The molecule has 4 nitrogen and oxygen atoms in total. The van der Waals surface area contributed by atoms with Crippen LogP contribution in [0.4, 0.5) is 5.82 Å². The van der Waals surface area contributed by atoms with Gasteiger partial charge < -0.3 is 11.1 Å². The summed E-state index contributed by atoms with van der Waals surface area (Å²) in [6.07, 6.45) is 1.48. The number of nitrogens with two attached hydrogens (primary N) is 1. The molecule has 96 valence electrons. The van der Waals surface area contributed by atoms with Gasteiger partial charge in [-0.1, -0.05) is 23.4 Å². The Hall–Kier alpha value is -1.87. The normalized spacial score (nSPS) is 9.58. The molecule has 2 heterocycles. The van der Waals surface area contributed by atoms with Gasteiger partial charge in [-0.25, -0.2) is 4.98 Å². The number of halogens is 1.